The fourth-order valence-electron chi connectivity index (χ4n) is 3.40. The number of carbonyl (C=O) groups is 4. The van der Waals surface area contributed by atoms with E-state index in [2.05, 4.69) is 10.6 Å². The van der Waals surface area contributed by atoms with E-state index in [9.17, 15) is 23.6 Å². The van der Waals surface area contributed by atoms with Crippen LogP contribution in [0.2, 0.25) is 0 Å². The SMILES string of the molecule is COc1ccc(NC(=O)CN2C(=O)S/C(=C/c3ccccc3OCC(=O)Nc3ccc(F)cc3)C2=O)cc1. The van der Waals surface area contributed by atoms with Crippen LogP contribution < -0.4 is 20.1 Å². The van der Waals surface area contributed by atoms with E-state index in [1.807, 2.05) is 0 Å². The molecule has 0 bridgehead atoms. The van der Waals surface area contributed by atoms with Gasteiger partial charge in [-0.25, -0.2) is 4.39 Å². The highest BCUT2D eigenvalue weighted by Gasteiger charge is 2.36. The third-order valence-electron chi connectivity index (χ3n) is 5.24. The third-order valence-corrected chi connectivity index (χ3v) is 6.15. The number of amides is 4. The van der Waals surface area contributed by atoms with Gasteiger partial charge in [-0.2, -0.15) is 0 Å². The van der Waals surface area contributed by atoms with Gasteiger partial charge < -0.3 is 20.1 Å². The molecule has 4 amide bonds. The Balaban J connectivity index is 1.38. The van der Waals surface area contributed by atoms with Crippen LogP contribution in [0.15, 0.2) is 77.7 Å². The maximum atomic E-state index is 13.0. The predicted molar refractivity (Wildman–Crippen MR) is 141 cm³/mol. The highest BCUT2D eigenvalue weighted by Crippen LogP contribution is 2.34. The zero-order valence-electron chi connectivity index (χ0n) is 20.1. The maximum absolute atomic E-state index is 13.0. The molecule has 0 spiro atoms. The van der Waals surface area contributed by atoms with Crippen molar-refractivity contribution in [2.45, 2.75) is 0 Å². The molecular formula is C27H22FN3O6S. The molecule has 1 saturated heterocycles. The van der Waals surface area contributed by atoms with E-state index in [0.29, 0.717) is 40.2 Å². The predicted octanol–water partition coefficient (Wildman–Crippen LogP) is 4.53. The first kappa shape index (κ1) is 26.4. The summed E-state index contributed by atoms with van der Waals surface area (Å²) in [5.74, 6) is -1.10. The molecule has 1 fully saturated rings. The molecule has 0 saturated carbocycles. The van der Waals surface area contributed by atoms with Crippen LogP contribution in [0.25, 0.3) is 6.08 Å². The molecule has 0 unspecified atom stereocenters. The van der Waals surface area contributed by atoms with E-state index in [-0.39, 0.29) is 11.5 Å². The van der Waals surface area contributed by atoms with Crippen molar-refractivity contribution in [3.8, 4) is 11.5 Å². The zero-order chi connectivity index (χ0) is 27.1. The molecule has 0 aliphatic carbocycles. The van der Waals surface area contributed by atoms with Crippen molar-refractivity contribution in [3.63, 3.8) is 0 Å². The Labute approximate surface area is 221 Å². The van der Waals surface area contributed by atoms with Gasteiger partial charge in [-0.3, -0.25) is 24.1 Å². The number of nitrogens with zero attached hydrogens (tertiary/aromatic N) is 1. The minimum atomic E-state index is -0.617. The number of para-hydroxylation sites is 1. The van der Waals surface area contributed by atoms with Crippen LogP contribution in [0.5, 0.6) is 11.5 Å². The summed E-state index contributed by atoms with van der Waals surface area (Å²) < 4.78 is 23.7. The molecule has 9 nitrogen and oxygen atoms in total. The second-order valence-electron chi connectivity index (χ2n) is 7.93. The minimum absolute atomic E-state index is 0.110. The molecular weight excluding hydrogens is 513 g/mol. The van der Waals surface area contributed by atoms with E-state index < -0.39 is 35.3 Å². The normalized spacial score (nSPS) is 13.9. The number of methoxy groups -OCH3 is 1. The number of nitrogens with one attached hydrogen (secondary N) is 2. The van der Waals surface area contributed by atoms with Crippen LogP contribution in [0.4, 0.5) is 20.6 Å². The molecule has 1 aliphatic heterocycles. The largest absolute Gasteiger partial charge is 0.497 e. The summed E-state index contributed by atoms with van der Waals surface area (Å²) in [6.07, 6.45) is 1.47. The van der Waals surface area contributed by atoms with Crippen molar-refractivity contribution in [1.82, 2.24) is 4.90 Å². The van der Waals surface area contributed by atoms with E-state index in [1.54, 1.807) is 48.5 Å². The van der Waals surface area contributed by atoms with Gasteiger partial charge in [0.25, 0.3) is 17.1 Å². The quantitative estimate of drug-likeness (QED) is 0.387. The van der Waals surface area contributed by atoms with Crippen molar-refractivity contribution in [2.24, 2.45) is 0 Å². The smallest absolute Gasteiger partial charge is 0.294 e. The number of rotatable bonds is 9. The Morgan fingerprint density at radius 3 is 2.24 bits per heavy atom. The number of thioether (sulfide) groups is 1. The lowest BCUT2D eigenvalue weighted by atomic mass is 10.2. The fraction of sp³-hybridized carbons (Fsp3) is 0.111. The number of hydrogen-bond donors (Lipinski definition) is 2. The number of ether oxygens (including phenoxy) is 2. The van der Waals surface area contributed by atoms with Crippen molar-refractivity contribution in [3.05, 3.63) is 89.1 Å². The van der Waals surface area contributed by atoms with Gasteiger partial charge in [0.1, 0.15) is 23.9 Å². The van der Waals surface area contributed by atoms with Crippen LogP contribution in [-0.4, -0.2) is 48.1 Å². The summed E-state index contributed by atoms with van der Waals surface area (Å²) in [4.78, 5) is 51.0. The lowest BCUT2D eigenvalue weighted by Gasteiger charge is -2.13. The maximum Gasteiger partial charge on any atom is 0.294 e. The van der Waals surface area contributed by atoms with Gasteiger partial charge in [-0.15, -0.1) is 0 Å². The van der Waals surface area contributed by atoms with Crippen LogP contribution in [0, 0.1) is 5.82 Å². The number of anilines is 2. The average molecular weight is 536 g/mol. The summed E-state index contributed by atoms with van der Waals surface area (Å²) in [5, 5.41) is 4.65. The summed E-state index contributed by atoms with van der Waals surface area (Å²) in [6, 6.07) is 18.6. The molecule has 0 radical (unpaired) electrons. The van der Waals surface area contributed by atoms with Crippen molar-refractivity contribution >= 4 is 52.2 Å². The standard InChI is InChI=1S/C27H22FN3O6S/c1-36-21-12-10-20(11-13-21)29-24(32)15-31-26(34)23(38-27(31)35)14-17-4-2-3-5-22(17)37-16-25(33)30-19-8-6-18(28)7-9-19/h2-14H,15-16H2,1H3,(H,29,32)(H,30,33)/b23-14+. The Morgan fingerprint density at radius 2 is 1.55 bits per heavy atom. The van der Waals surface area contributed by atoms with Crippen LogP contribution in [0.1, 0.15) is 5.56 Å². The average Bonchev–Trinajstić information content (AvgIpc) is 3.17. The third kappa shape index (κ3) is 6.77. The number of benzene rings is 3. The van der Waals surface area contributed by atoms with E-state index in [0.717, 1.165) is 4.90 Å². The molecule has 0 atom stereocenters. The Kier molecular flexibility index (Phi) is 8.39. The number of imide groups is 1. The molecule has 11 heteroatoms. The second-order valence-corrected chi connectivity index (χ2v) is 8.92. The summed E-state index contributed by atoms with van der Waals surface area (Å²) in [5.41, 5.74) is 1.38. The highest BCUT2D eigenvalue weighted by atomic mass is 32.2. The minimum Gasteiger partial charge on any atom is -0.497 e. The summed E-state index contributed by atoms with van der Waals surface area (Å²) in [7, 11) is 1.53. The second kappa shape index (κ2) is 12.1. The van der Waals surface area contributed by atoms with E-state index >= 15 is 0 Å². The van der Waals surface area contributed by atoms with Gasteiger partial charge in [0, 0.05) is 16.9 Å². The van der Waals surface area contributed by atoms with Crippen molar-refractivity contribution in [2.75, 3.05) is 30.9 Å². The van der Waals surface area contributed by atoms with Crippen LogP contribution in [0.3, 0.4) is 0 Å². The van der Waals surface area contributed by atoms with Gasteiger partial charge in [0.2, 0.25) is 5.91 Å². The number of halogens is 1. The molecule has 1 heterocycles. The lowest BCUT2D eigenvalue weighted by molar-refractivity contribution is -0.127. The molecule has 38 heavy (non-hydrogen) atoms. The Bertz CT molecular complexity index is 1390. The van der Waals surface area contributed by atoms with Crippen LogP contribution in [-0.2, 0) is 14.4 Å². The fourth-order valence-corrected chi connectivity index (χ4v) is 4.23. The number of hydrogen-bond acceptors (Lipinski definition) is 7. The van der Waals surface area contributed by atoms with E-state index in [4.69, 9.17) is 9.47 Å². The van der Waals surface area contributed by atoms with Crippen molar-refractivity contribution in [1.29, 1.82) is 0 Å². The zero-order valence-corrected chi connectivity index (χ0v) is 20.9. The lowest BCUT2D eigenvalue weighted by Crippen LogP contribution is -2.36. The Morgan fingerprint density at radius 1 is 0.921 bits per heavy atom. The first-order valence-electron chi connectivity index (χ1n) is 11.3. The molecule has 2 N–H and O–H groups in total. The molecule has 0 aromatic heterocycles. The first-order valence-corrected chi connectivity index (χ1v) is 12.1. The summed E-state index contributed by atoms with van der Waals surface area (Å²) >= 11 is 0.702. The molecule has 4 rings (SSSR count). The molecule has 1 aliphatic rings. The Hall–Kier alpha value is -4.64. The highest BCUT2D eigenvalue weighted by molar-refractivity contribution is 8.18. The van der Waals surface area contributed by atoms with Gasteiger partial charge in [-0.1, -0.05) is 18.2 Å². The van der Waals surface area contributed by atoms with E-state index in [1.165, 1.54) is 37.5 Å². The molecule has 194 valence electrons. The molecule has 3 aromatic carbocycles. The summed E-state index contributed by atoms with van der Waals surface area (Å²) in [6.45, 7) is -0.787. The topological polar surface area (TPSA) is 114 Å². The van der Waals surface area contributed by atoms with Crippen LogP contribution >= 0.6 is 11.8 Å². The first-order chi connectivity index (χ1) is 18.3. The molecule has 3 aromatic rings. The van der Waals surface area contributed by atoms with Gasteiger partial charge >= 0.3 is 0 Å². The van der Waals surface area contributed by atoms with Gasteiger partial charge in [0.15, 0.2) is 6.61 Å². The van der Waals surface area contributed by atoms with Gasteiger partial charge in [-0.05, 0) is 72.4 Å². The monoisotopic (exact) mass is 535 g/mol. The number of carbonyl (C=O) groups excluding carboxylic acids is 4. The van der Waals surface area contributed by atoms with Gasteiger partial charge in [0.05, 0.1) is 12.0 Å². The van der Waals surface area contributed by atoms with Crippen molar-refractivity contribution < 1.29 is 33.0 Å².